The van der Waals surface area contributed by atoms with Gasteiger partial charge in [-0.2, -0.15) is 9.65 Å². The quantitative estimate of drug-likeness (QED) is 0.841. The third-order valence-corrected chi connectivity index (χ3v) is 5.21. The van der Waals surface area contributed by atoms with E-state index in [9.17, 15) is 14.0 Å². The number of amides is 2. The predicted octanol–water partition coefficient (Wildman–Crippen LogP) is 2.01. The molecule has 1 aromatic carbocycles. The summed E-state index contributed by atoms with van der Waals surface area (Å²) >= 11 is 0. The average molecular weight is 364 g/mol. The van der Waals surface area contributed by atoms with Gasteiger partial charge in [0.05, 0.1) is 11.6 Å². The van der Waals surface area contributed by atoms with Gasteiger partial charge >= 0.3 is 0 Å². The van der Waals surface area contributed by atoms with E-state index in [1.54, 1.807) is 29.2 Å². The topological polar surface area (TPSA) is 86.1 Å². The summed E-state index contributed by atoms with van der Waals surface area (Å²) < 4.78 is 13.4. The first-order chi connectivity index (χ1) is 13.1. The van der Waals surface area contributed by atoms with Crippen molar-refractivity contribution in [1.29, 1.82) is 5.26 Å². The van der Waals surface area contributed by atoms with E-state index < -0.39 is 12.0 Å². The van der Waals surface area contributed by atoms with Gasteiger partial charge in [0.2, 0.25) is 11.9 Å². The van der Waals surface area contributed by atoms with E-state index in [2.05, 4.69) is 16.4 Å². The van der Waals surface area contributed by atoms with Crippen LogP contribution in [0.2, 0.25) is 0 Å². The predicted molar refractivity (Wildman–Crippen MR) is 93.7 cm³/mol. The lowest BCUT2D eigenvalue weighted by Crippen LogP contribution is -2.47. The number of hydrogen-bond donors (Lipinski definition) is 1. The van der Waals surface area contributed by atoms with Gasteiger partial charge in [0, 0.05) is 30.4 Å². The number of pyridine rings is 1. The number of nitriles is 1. The second-order valence-corrected chi connectivity index (χ2v) is 6.88. The minimum absolute atomic E-state index is 0.0378. The van der Waals surface area contributed by atoms with Crippen molar-refractivity contribution in [2.75, 3.05) is 0 Å². The zero-order chi connectivity index (χ0) is 19.0. The lowest BCUT2D eigenvalue weighted by Gasteiger charge is -2.27. The van der Waals surface area contributed by atoms with Gasteiger partial charge in [-0.25, -0.2) is 4.98 Å². The first-order valence-corrected chi connectivity index (χ1v) is 8.78. The second kappa shape index (κ2) is 6.80. The highest BCUT2D eigenvalue weighted by Crippen LogP contribution is 2.48. The number of carbonyl (C=O) groups excluding carboxylic acids is 2. The molecule has 3 atom stereocenters. The molecule has 1 saturated heterocycles. The van der Waals surface area contributed by atoms with Gasteiger partial charge in [0.25, 0.3) is 5.91 Å². The molecule has 0 spiro atoms. The molecule has 6 nitrogen and oxygen atoms in total. The first kappa shape index (κ1) is 17.2. The Labute approximate surface area is 155 Å². The van der Waals surface area contributed by atoms with E-state index in [4.69, 9.17) is 5.26 Å². The minimum Gasteiger partial charge on any atom is -0.350 e. The van der Waals surface area contributed by atoms with Gasteiger partial charge in [0.1, 0.15) is 6.04 Å². The molecule has 2 amide bonds. The Morgan fingerprint density at radius 3 is 2.89 bits per heavy atom. The molecule has 0 unspecified atom stereocenters. The molecule has 1 N–H and O–H groups in total. The molecule has 1 saturated carbocycles. The molecule has 0 radical (unpaired) electrons. The third-order valence-electron chi connectivity index (χ3n) is 5.21. The van der Waals surface area contributed by atoms with Crippen LogP contribution in [0.1, 0.15) is 34.3 Å². The molecular formula is C20H17FN4O2. The van der Waals surface area contributed by atoms with Gasteiger partial charge in [-0.1, -0.05) is 18.2 Å². The highest BCUT2D eigenvalue weighted by atomic mass is 19.1. The highest BCUT2D eigenvalue weighted by molar-refractivity contribution is 5.98. The molecule has 4 rings (SSSR count). The van der Waals surface area contributed by atoms with E-state index in [0.717, 1.165) is 18.1 Å². The van der Waals surface area contributed by atoms with Crippen molar-refractivity contribution in [1.82, 2.24) is 15.2 Å². The molecular weight excluding hydrogens is 347 g/mol. The summed E-state index contributed by atoms with van der Waals surface area (Å²) in [4.78, 5) is 30.6. The van der Waals surface area contributed by atoms with Crippen LogP contribution in [0.4, 0.5) is 4.39 Å². The number of fused-ring (bicyclic) bond motifs is 1. The fraction of sp³-hybridized carbons (Fsp3) is 0.300. The van der Waals surface area contributed by atoms with Crippen LogP contribution in [0.3, 0.4) is 0 Å². The van der Waals surface area contributed by atoms with Crippen molar-refractivity contribution in [3.63, 3.8) is 0 Å². The molecule has 1 aliphatic heterocycles. The highest BCUT2D eigenvalue weighted by Gasteiger charge is 2.56. The van der Waals surface area contributed by atoms with Gasteiger partial charge in [-0.3, -0.25) is 9.59 Å². The fourth-order valence-corrected chi connectivity index (χ4v) is 3.75. The Morgan fingerprint density at radius 1 is 1.30 bits per heavy atom. The van der Waals surface area contributed by atoms with Crippen LogP contribution >= 0.6 is 0 Å². The van der Waals surface area contributed by atoms with Crippen molar-refractivity contribution in [2.45, 2.75) is 31.5 Å². The van der Waals surface area contributed by atoms with Gasteiger partial charge in [-0.05, 0) is 36.5 Å². The molecule has 2 aliphatic rings. The lowest BCUT2D eigenvalue weighted by atomic mass is 10.1. The van der Waals surface area contributed by atoms with Crippen LogP contribution in [-0.2, 0) is 11.3 Å². The van der Waals surface area contributed by atoms with Crippen LogP contribution in [-0.4, -0.2) is 33.8 Å². The molecule has 1 aliphatic carbocycles. The number of carbonyl (C=O) groups is 2. The molecule has 2 aromatic rings. The van der Waals surface area contributed by atoms with E-state index >= 15 is 0 Å². The SMILES string of the molecule is N#Cc1ccccc1CNC(=O)[C@H]1C[C@H]2C[C@H]2N1C(=O)c1ccnc(F)c1. The first-order valence-electron chi connectivity index (χ1n) is 8.78. The van der Waals surface area contributed by atoms with E-state index in [0.29, 0.717) is 17.9 Å². The van der Waals surface area contributed by atoms with Crippen molar-refractivity contribution < 1.29 is 14.0 Å². The van der Waals surface area contributed by atoms with Crippen LogP contribution in [0.15, 0.2) is 42.6 Å². The Kier molecular flexibility index (Phi) is 4.32. The standard InChI is InChI=1S/C20H17FN4O2/c21-18-9-12(5-6-23-18)20(27)25-16-7-15(16)8-17(25)19(26)24-11-14-4-2-1-3-13(14)10-22/h1-6,9,15-17H,7-8,11H2,(H,24,26)/t15-,16-,17-/m1/s1. The molecule has 1 aromatic heterocycles. The molecule has 0 bridgehead atoms. The molecule has 2 fully saturated rings. The number of hydrogen-bond acceptors (Lipinski definition) is 4. The van der Waals surface area contributed by atoms with Crippen molar-refractivity contribution in [3.05, 3.63) is 65.2 Å². The van der Waals surface area contributed by atoms with Gasteiger partial charge < -0.3 is 10.2 Å². The number of halogens is 1. The third kappa shape index (κ3) is 3.26. The van der Waals surface area contributed by atoms with Crippen molar-refractivity contribution in [2.24, 2.45) is 5.92 Å². The Bertz CT molecular complexity index is 955. The molecule has 136 valence electrons. The maximum Gasteiger partial charge on any atom is 0.255 e. The number of piperidine rings is 1. The Balaban J connectivity index is 1.48. The zero-order valence-electron chi connectivity index (χ0n) is 14.4. The normalized spacial score (nSPS) is 22.7. The van der Waals surface area contributed by atoms with Crippen molar-refractivity contribution in [3.8, 4) is 6.07 Å². The second-order valence-electron chi connectivity index (χ2n) is 6.88. The number of nitrogens with one attached hydrogen (secondary N) is 1. The summed E-state index contributed by atoms with van der Waals surface area (Å²) in [5, 5.41) is 12.0. The van der Waals surface area contributed by atoms with Crippen LogP contribution < -0.4 is 5.32 Å². The van der Waals surface area contributed by atoms with Gasteiger partial charge in [-0.15, -0.1) is 0 Å². The van der Waals surface area contributed by atoms with E-state index in [1.165, 1.54) is 12.3 Å². The maximum absolute atomic E-state index is 13.4. The Hall–Kier alpha value is -3.27. The van der Waals surface area contributed by atoms with E-state index in [1.807, 2.05) is 0 Å². The zero-order valence-corrected chi connectivity index (χ0v) is 14.4. The Morgan fingerprint density at radius 2 is 2.11 bits per heavy atom. The van der Waals surface area contributed by atoms with Crippen LogP contribution in [0, 0.1) is 23.2 Å². The average Bonchev–Trinajstić information content (AvgIpc) is 3.35. The number of likely N-dealkylation sites (tertiary alicyclic amines) is 1. The van der Waals surface area contributed by atoms with E-state index in [-0.39, 0.29) is 30.0 Å². The summed E-state index contributed by atoms with van der Waals surface area (Å²) in [5.74, 6) is -0.999. The summed E-state index contributed by atoms with van der Waals surface area (Å²) in [7, 11) is 0. The number of aromatic nitrogens is 1. The number of rotatable bonds is 4. The molecule has 27 heavy (non-hydrogen) atoms. The number of benzene rings is 1. The number of nitrogens with zero attached hydrogens (tertiary/aromatic N) is 3. The largest absolute Gasteiger partial charge is 0.350 e. The van der Waals surface area contributed by atoms with Crippen LogP contribution in [0.5, 0.6) is 0 Å². The fourth-order valence-electron chi connectivity index (χ4n) is 3.75. The molecule has 7 heteroatoms. The minimum atomic E-state index is -0.721. The summed E-state index contributed by atoms with van der Waals surface area (Å²) in [6, 6.07) is 11.2. The summed E-state index contributed by atoms with van der Waals surface area (Å²) in [6.07, 6.45) is 2.73. The monoisotopic (exact) mass is 364 g/mol. The summed E-state index contributed by atoms with van der Waals surface area (Å²) in [5.41, 5.74) is 1.43. The smallest absolute Gasteiger partial charge is 0.255 e. The van der Waals surface area contributed by atoms with Crippen LogP contribution in [0.25, 0.3) is 0 Å². The van der Waals surface area contributed by atoms with Gasteiger partial charge in [0.15, 0.2) is 0 Å². The summed E-state index contributed by atoms with van der Waals surface area (Å²) in [6.45, 7) is 0.223. The molecule has 2 heterocycles. The van der Waals surface area contributed by atoms with Crippen molar-refractivity contribution >= 4 is 11.8 Å². The maximum atomic E-state index is 13.4. The lowest BCUT2D eigenvalue weighted by molar-refractivity contribution is -0.125.